The summed E-state index contributed by atoms with van der Waals surface area (Å²) in [6.07, 6.45) is 2.39. The fraction of sp³-hybridized carbons (Fsp3) is 0. The third-order valence-electron chi connectivity index (χ3n) is 0.632. The predicted octanol–water partition coefficient (Wildman–Crippen LogP) is -0.223. The molecule has 8 heavy (non-hydrogen) atoms. The molecule has 0 aromatic heterocycles. The lowest BCUT2D eigenvalue weighted by Gasteiger charge is -1.80. The molecule has 0 atom stereocenters. The molecule has 1 heterocycles. The van der Waals surface area contributed by atoms with Crippen LogP contribution >= 0.6 is 17.0 Å². The van der Waals surface area contributed by atoms with Crippen molar-refractivity contribution >= 4 is 28.8 Å². The Morgan fingerprint density at radius 2 is 1.50 bits per heavy atom. The zero-order chi connectivity index (χ0) is 5.28. The molecular formula is C4H4BrNO2. The summed E-state index contributed by atoms with van der Waals surface area (Å²) in [6.45, 7) is 0. The van der Waals surface area contributed by atoms with Gasteiger partial charge in [0, 0.05) is 12.2 Å². The quantitative estimate of drug-likeness (QED) is 0.521. The zero-order valence-corrected chi connectivity index (χ0v) is 5.59. The van der Waals surface area contributed by atoms with Crippen LogP contribution in [0, 0.1) is 0 Å². The molecule has 44 valence electrons. The van der Waals surface area contributed by atoms with Gasteiger partial charge in [-0.25, -0.2) is 0 Å². The van der Waals surface area contributed by atoms with Crippen LogP contribution in [0.3, 0.4) is 0 Å². The summed E-state index contributed by atoms with van der Waals surface area (Å²) in [6, 6.07) is 0. The molecule has 1 rings (SSSR count). The Morgan fingerprint density at radius 3 is 1.62 bits per heavy atom. The van der Waals surface area contributed by atoms with E-state index >= 15 is 0 Å². The van der Waals surface area contributed by atoms with Crippen LogP contribution in [-0.4, -0.2) is 11.8 Å². The normalized spacial score (nSPS) is 15.5. The Morgan fingerprint density at radius 1 is 1.12 bits per heavy atom. The summed E-state index contributed by atoms with van der Waals surface area (Å²) in [4.78, 5) is 20.1. The van der Waals surface area contributed by atoms with Crippen molar-refractivity contribution in [1.29, 1.82) is 0 Å². The average molecular weight is 178 g/mol. The number of nitrogens with one attached hydrogen (secondary N) is 1. The first-order valence-electron chi connectivity index (χ1n) is 1.82. The van der Waals surface area contributed by atoms with Gasteiger partial charge in [0.05, 0.1) is 0 Å². The molecule has 0 fully saturated rings. The van der Waals surface area contributed by atoms with Crippen molar-refractivity contribution in [2.75, 3.05) is 0 Å². The van der Waals surface area contributed by atoms with E-state index in [0.29, 0.717) is 0 Å². The average Bonchev–Trinajstić information content (AvgIpc) is 1.87. The molecule has 0 aromatic rings. The van der Waals surface area contributed by atoms with E-state index in [-0.39, 0.29) is 28.8 Å². The molecular weight excluding hydrogens is 174 g/mol. The van der Waals surface area contributed by atoms with Crippen LogP contribution < -0.4 is 5.32 Å². The molecule has 0 saturated heterocycles. The van der Waals surface area contributed by atoms with Crippen molar-refractivity contribution in [1.82, 2.24) is 5.32 Å². The van der Waals surface area contributed by atoms with E-state index in [0.717, 1.165) is 0 Å². The van der Waals surface area contributed by atoms with Gasteiger partial charge in [0.2, 0.25) is 0 Å². The summed E-state index contributed by atoms with van der Waals surface area (Å²) < 4.78 is 0. The summed E-state index contributed by atoms with van der Waals surface area (Å²) in [5.41, 5.74) is 0. The molecule has 4 heteroatoms. The fourth-order valence-corrected chi connectivity index (χ4v) is 0.356. The highest BCUT2D eigenvalue weighted by molar-refractivity contribution is 8.93. The molecule has 0 saturated carbocycles. The Hall–Kier alpha value is -0.640. The van der Waals surface area contributed by atoms with Gasteiger partial charge in [-0.2, -0.15) is 0 Å². The first-order chi connectivity index (χ1) is 3.29. The Labute approximate surface area is 56.5 Å². The zero-order valence-electron chi connectivity index (χ0n) is 3.88. The van der Waals surface area contributed by atoms with Crippen LogP contribution in [0.4, 0.5) is 0 Å². The van der Waals surface area contributed by atoms with Gasteiger partial charge >= 0.3 is 0 Å². The minimum atomic E-state index is -0.329. The second-order valence-corrected chi connectivity index (χ2v) is 1.19. The van der Waals surface area contributed by atoms with Gasteiger partial charge < -0.3 is 0 Å². The molecule has 1 aliphatic heterocycles. The minimum absolute atomic E-state index is 0. The van der Waals surface area contributed by atoms with Gasteiger partial charge in [-0.15, -0.1) is 17.0 Å². The maximum absolute atomic E-state index is 10.0. The second-order valence-electron chi connectivity index (χ2n) is 1.19. The molecule has 0 aliphatic carbocycles. The minimum Gasteiger partial charge on any atom is -0.289 e. The SMILES string of the molecule is Br.O=C1C=CC(=O)N1. The summed E-state index contributed by atoms with van der Waals surface area (Å²) in [5.74, 6) is -0.657. The monoisotopic (exact) mass is 177 g/mol. The van der Waals surface area contributed by atoms with Gasteiger partial charge in [-0.1, -0.05) is 0 Å². The predicted molar refractivity (Wildman–Crippen MR) is 32.6 cm³/mol. The van der Waals surface area contributed by atoms with Gasteiger partial charge in [-0.3, -0.25) is 14.9 Å². The van der Waals surface area contributed by atoms with Crippen LogP contribution in [0.25, 0.3) is 0 Å². The first-order valence-corrected chi connectivity index (χ1v) is 1.82. The number of carbonyl (C=O) groups excluding carboxylic acids is 2. The van der Waals surface area contributed by atoms with Crippen molar-refractivity contribution in [2.24, 2.45) is 0 Å². The highest BCUT2D eigenvalue weighted by atomic mass is 79.9. The van der Waals surface area contributed by atoms with E-state index in [2.05, 4.69) is 0 Å². The number of amides is 2. The first kappa shape index (κ1) is 7.36. The van der Waals surface area contributed by atoms with Crippen LogP contribution in [0.5, 0.6) is 0 Å². The number of hydrogen-bond acceptors (Lipinski definition) is 2. The topological polar surface area (TPSA) is 46.2 Å². The highest BCUT2D eigenvalue weighted by Gasteiger charge is 2.06. The van der Waals surface area contributed by atoms with E-state index in [4.69, 9.17) is 0 Å². The third-order valence-corrected chi connectivity index (χ3v) is 0.632. The van der Waals surface area contributed by atoms with Crippen LogP contribution in [-0.2, 0) is 9.59 Å². The number of imide groups is 1. The van der Waals surface area contributed by atoms with Crippen LogP contribution in [0.1, 0.15) is 0 Å². The molecule has 1 N–H and O–H groups in total. The van der Waals surface area contributed by atoms with Crippen molar-refractivity contribution in [3.8, 4) is 0 Å². The van der Waals surface area contributed by atoms with E-state index in [9.17, 15) is 9.59 Å². The van der Waals surface area contributed by atoms with Crippen LogP contribution in [0.2, 0.25) is 0 Å². The maximum Gasteiger partial charge on any atom is 0.250 e. The van der Waals surface area contributed by atoms with E-state index in [1.807, 2.05) is 5.32 Å². The molecule has 0 spiro atoms. The van der Waals surface area contributed by atoms with E-state index in [1.54, 1.807) is 0 Å². The lowest BCUT2D eigenvalue weighted by Crippen LogP contribution is -2.19. The molecule has 0 aromatic carbocycles. The van der Waals surface area contributed by atoms with Crippen LogP contribution in [0.15, 0.2) is 12.2 Å². The number of carbonyl (C=O) groups is 2. The second kappa shape index (κ2) is 2.61. The summed E-state index contributed by atoms with van der Waals surface area (Å²) >= 11 is 0. The standard InChI is InChI=1S/C4H3NO2.BrH/c6-3-1-2-4(7)5-3;/h1-2H,(H,5,6,7);1H. The molecule has 0 bridgehead atoms. The van der Waals surface area contributed by atoms with Crippen molar-refractivity contribution in [2.45, 2.75) is 0 Å². The molecule has 2 amide bonds. The fourth-order valence-electron chi connectivity index (χ4n) is 0.356. The number of rotatable bonds is 0. The third kappa shape index (κ3) is 1.46. The summed E-state index contributed by atoms with van der Waals surface area (Å²) in [7, 11) is 0. The molecule has 0 unspecified atom stereocenters. The molecule has 3 nitrogen and oxygen atoms in total. The van der Waals surface area contributed by atoms with Gasteiger partial charge in [0.25, 0.3) is 11.8 Å². The smallest absolute Gasteiger partial charge is 0.250 e. The Balaban J connectivity index is 0.000000490. The summed E-state index contributed by atoms with van der Waals surface area (Å²) in [5, 5.41) is 2.03. The lowest BCUT2D eigenvalue weighted by molar-refractivity contribution is -0.123. The number of halogens is 1. The largest absolute Gasteiger partial charge is 0.289 e. The van der Waals surface area contributed by atoms with Gasteiger partial charge in [0.15, 0.2) is 0 Å². The number of hydrogen-bond donors (Lipinski definition) is 1. The van der Waals surface area contributed by atoms with Crippen molar-refractivity contribution in [3.05, 3.63) is 12.2 Å². The van der Waals surface area contributed by atoms with E-state index in [1.165, 1.54) is 12.2 Å². The lowest BCUT2D eigenvalue weighted by atomic mass is 10.6. The van der Waals surface area contributed by atoms with Crippen molar-refractivity contribution in [3.63, 3.8) is 0 Å². The van der Waals surface area contributed by atoms with Crippen molar-refractivity contribution < 1.29 is 9.59 Å². The molecule has 0 radical (unpaired) electrons. The molecule has 1 aliphatic rings. The van der Waals surface area contributed by atoms with E-state index < -0.39 is 0 Å². The van der Waals surface area contributed by atoms with Gasteiger partial charge in [-0.05, 0) is 0 Å². The highest BCUT2D eigenvalue weighted by Crippen LogP contribution is 1.82. The Bertz CT molecular complexity index is 136. The van der Waals surface area contributed by atoms with Gasteiger partial charge in [0.1, 0.15) is 0 Å². The maximum atomic E-state index is 10.0. The Kier molecular flexibility index (Phi) is 2.41.